The zero-order chi connectivity index (χ0) is 16.8. The van der Waals surface area contributed by atoms with Crippen LogP contribution in [0.15, 0.2) is 54.7 Å². The van der Waals surface area contributed by atoms with Crippen LogP contribution in [-0.2, 0) is 6.42 Å². The van der Waals surface area contributed by atoms with Crippen molar-refractivity contribution in [1.82, 2.24) is 9.88 Å². The molecule has 2 aromatic carbocycles. The Balaban J connectivity index is 1.40. The maximum absolute atomic E-state index is 6.07. The predicted octanol–water partition coefficient (Wildman–Crippen LogP) is 4.21. The largest absolute Gasteiger partial charge is 0.493 e. The lowest BCUT2D eigenvalue weighted by atomic mass is 9.72. The summed E-state index contributed by atoms with van der Waals surface area (Å²) in [5.74, 6) is 2.16. The maximum atomic E-state index is 6.07. The van der Waals surface area contributed by atoms with Crippen molar-refractivity contribution in [2.24, 2.45) is 5.92 Å². The van der Waals surface area contributed by atoms with Crippen LogP contribution in [0.3, 0.4) is 0 Å². The van der Waals surface area contributed by atoms with Gasteiger partial charge in [0.1, 0.15) is 5.75 Å². The molecule has 3 nitrogen and oxygen atoms in total. The summed E-state index contributed by atoms with van der Waals surface area (Å²) in [4.78, 5) is 6.02. The Morgan fingerprint density at radius 1 is 1.12 bits per heavy atom. The van der Waals surface area contributed by atoms with E-state index in [1.54, 1.807) is 0 Å². The summed E-state index contributed by atoms with van der Waals surface area (Å²) in [6.07, 6.45) is 4.58. The van der Waals surface area contributed by atoms with Crippen LogP contribution in [-0.4, -0.2) is 36.1 Å². The van der Waals surface area contributed by atoms with E-state index in [-0.39, 0.29) is 0 Å². The summed E-state index contributed by atoms with van der Waals surface area (Å²) < 4.78 is 6.07. The van der Waals surface area contributed by atoms with Crippen molar-refractivity contribution in [3.63, 3.8) is 0 Å². The molecule has 0 saturated carbocycles. The molecule has 3 aromatic rings. The first-order chi connectivity index (χ1) is 12.3. The van der Waals surface area contributed by atoms with Gasteiger partial charge in [0.05, 0.1) is 6.61 Å². The molecule has 1 N–H and O–H groups in total. The molecule has 0 bridgehead atoms. The highest BCUT2D eigenvalue weighted by Crippen LogP contribution is 2.44. The molecule has 5 rings (SSSR count). The quantitative estimate of drug-likeness (QED) is 0.778. The highest BCUT2D eigenvalue weighted by atomic mass is 16.5. The number of likely N-dealkylation sites (tertiary alicyclic amines) is 1. The first-order valence-electron chi connectivity index (χ1n) is 9.26. The Morgan fingerprint density at radius 3 is 2.88 bits per heavy atom. The minimum absolute atomic E-state index is 0.571. The molecule has 1 saturated heterocycles. The van der Waals surface area contributed by atoms with E-state index < -0.39 is 0 Å². The molecule has 0 amide bonds. The van der Waals surface area contributed by atoms with Crippen molar-refractivity contribution < 1.29 is 4.74 Å². The Bertz CT molecular complexity index is 885. The van der Waals surface area contributed by atoms with Gasteiger partial charge in [0.2, 0.25) is 0 Å². The van der Waals surface area contributed by atoms with Gasteiger partial charge in [-0.25, -0.2) is 0 Å². The minimum Gasteiger partial charge on any atom is -0.493 e. The van der Waals surface area contributed by atoms with E-state index in [2.05, 4.69) is 41.3 Å². The Labute approximate surface area is 148 Å². The lowest BCUT2D eigenvalue weighted by Gasteiger charge is -2.45. The smallest absolute Gasteiger partial charge is 0.119 e. The molecule has 1 aliphatic heterocycles. The van der Waals surface area contributed by atoms with Gasteiger partial charge < -0.3 is 14.6 Å². The number of ether oxygens (including phenoxy) is 1. The number of benzene rings is 2. The second-order valence-corrected chi connectivity index (χ2v) is 7.63. The lowest BCUT2D eigenvalue weighted by Crippen LogP contribution is -2.49. The van der Waals surface area contributed by atoms with Crippen LogP contribution in [0.4, 0.5) is 0 Å². The van der Waals surface area contributed by atoms with Gasteiger partial charge in [-0.3, -0.25) is 0 Å². The molecule has 1 aliphatic carbocycles. The van der Waals surface area contributed by atoms with Crippen molar-refractivity contribution in [2.45, 2.75) is 24.8 Å². The SMILES string of the molecule is CN1CC(COc2ccccc2)CC2c3cccc4[nH]cc(c34)C[C@H]21. The summed E-state index contributed by atoms with van der Waals surface area (Å²) >= 11 is 0. The normalized spacial score (nSPS) is 25.7. The lowest BCUT2D eigenvalue weighted by molar-refractivity contribution is 0.0837. The number of para-hydroxylation sites is 1. The summed E-state index contributed by atoms with van der Waals surface area (Å²) in [6.45, 7) is 1.91. The average Bonchev–Trinajstić information content (AvgIpc) is 3.06. The van der Waals surface area contributed by atoms with Crippen LogP contribution in [0.2, 0.25) is 0 Å². The second-order valence-electron chi connectivity index (χ2n) is 7.63. The van der Waals surface area contributed by atoms with Gasteiger partial charge in [-0.05, 0) is 49.2 Å². The number of nitrogens with zero attached hydrogens (tertiary/aromatic N) is 1. The fourth-order valence-corrected chi connectivity index (χ4v) is 4.91. The molecular formula is C22H24N2O. The molecule has 0 spiro atoms. The molecule has 3 atom stereocenters. The number of H-pyrrole nitrogens is 1. The number of hydrogen-bond donors (Lipinski definition) is 1. The van der Waals surface area contributed by atoms with E-state index in [4.69, 9.17) is 4.74 Å². The molecule has 128 valence electrons. The predicted molar refractivity (Wildman–Crippen MR) is 101 cm³/mol. The van der Waals surface area contributed by atoms with Gasteiger partial charge in [-0.1, -0.05) is 30.3 Å². The maximum Gasteiger partial charge on any atom is 0.119 e. The van der Waals surface area contributed by atoms with Crippen LogP contribution >= 0.6 is 0 Å². The number of likely N-dealkylation sites (N-methyl/N-ethyl adjacent to an activating group) is 1. The topological polar surface area (TPSA) is 28.3 Å². The summed E-state index contributed by atoms with van der Waals surface area (Å²) in [7, 11) is 2.28. The van der Waals surface area contributed by atoms with Crippen molar-refractivity contribution >= 4 is 10.9 Å². The summed E-state index contributed by atoms with van der Waals surface area (Å²) in [5, 5.41) is 1.47. The van der Waals surface area contributed by atoms with Crippen LogP contribution < -0.4 is 4.74 Å². The van der Waals surface area contributed by atoms with Crippen LogP contribution in [0.25, 0.3) is 10.9 Å². The van der Waals surface area contributed by atoms with Gasteiger partial charge in [0.15, 0.2) is 0 Å². The third kappa shape index (κ3) is 2.54. The van der Waals surface area contributed by atoms with Gasteiger partial charge >= 0.3 is 0 Å². The number of aromatic nitrogens is 1. The summed E-state index contributed by atoms with van der Waals surface area (Å²) in [6, 6.07) is 17.5. The van der Waals surface area contributed by atoms with Crippen molar-refractivity contribution in [2.75, 3.05) is 20.2 Å². The average molecular weight is 332 g/mol. The molecular weight excluding hydrogens is 308 g/mol. The molecule has 1 aromatic heterocycles. The standard InChI is InChI=1S/C22H24N2O/c1-24-13-15(14-25-17-6-3-2-4-7-17)10-19-18-8-5-9-20-22(18)16(12-23-20)11-21(19)24/h2-9,12,15,19,21,23H,10-11,13-14H2,1H3/t15?,19?,21-/m1/s1. The van der Waals surface area contributed by atoms with Gasteiger partial charge in [-0.2, -0.15) is 0 Å². The monoisotopic (exact) mass is 332 g/mol. The molecule has 2 aliphatic rings. The zero-order valence-corrected chi connectivity index (χ0v) is 14.6. The Kier molecular flexibility index (Phi) is 3.56. The summed E-state index contributed by atoms with van der Waals surface area (Å²) in [5.41, 5.74) is 4.30. The molecule has 2 heterocycles. The number of rotatable bonds is 3. The molecule has 1 fully saturated rings. The molecule has 25 heavy (non-hydrogen) atoms. The zero-order valence-electron chi connectivity index (χ0n) is 14.6. The third-order valence-electron chi connectivity index (χ3n) is 6.04. The van der Waals surface area contributed by atoms with Gasteiger partial charge in [0.25, 0.3) is 0 Å². The fourth-order valence-electron chi connectivity index (χ4n) is 4.91. The van der Waals surface area contributed by atoms with Crippen molar-refractivity contribution in [3.05, 3.63) is 65.9 Å². The number of piperidine rings is 1. The Hall–Kier alpha value is -2.26. The van der Waals surface area contributed by atoms with Crippen LogP contribution in [0, 0.1) is 5.92 Å². The van der Waals surface area contributed by atoms with E-state index >= 15 is 0 Å². The molecule has 0 radical (unpaired) electrons. The Morgan fingerprint density at radius 2 is 2.00 bits per heavy atom. The van der Waals surface area contributed by atoms with Crippen LogP contribution in [0.1, 0.15) is 23.5 Å². The van der Waals surface area contributed by atoms with Crippen molar-refractivity contribution in [1.29, 1.82) is 0 Å². The molecule has 3 heteroatoms. The highest BCUT2D eigenvalue weighted by Gasteiger charge is 2.39. The van der Waals surface area contributed by atoms with Gasteiger partial charge in [0, 0.05) is 41.5 Å². The van der Waals surface area contributed by atoms with Gasteiger partial charge in [-0.15, -0.1) is 0 Å². The van der Waals surface area contributed by atoms with E-state index in [0.717, 1.165) is 25.3 Å². The number of nitrogens with one attached hydrogen (secondary N) is 1. The van der Waals surface area contributed by atoms with E-state index in [9.17, 15) is 0 Å². The first-order valence-corrected chi connectivity index (χ1v) is 9.26. The van der Waals surface area contributed by atoms with E-state index in [0.29, 0.717) is 17.9 Å². The van der Waals surface area contributed by atoms with Crippen molar-refractivity contribution in [3.8, 4) is 5.75 Å². The fraction of sp³-hybridized carbons (Fsp3) is 0.364. The number of aromatic amines is 1. The first kappa shape index (κ1) is 15.0. The number of hydrogen-bond acceptors (Lipinski definition) is 2. The second kappa shape index (κ2) is 5.92. The van der Waals surface area contributed by atoms with E-state index in [1.807, 2.05) is 30.3 Å². The van der Waals surface area contributed by atoms with Crippen LogP contribution in [0.5, 0.6) is 5.75 Å². The molecule has 2 unspecified atom stereocenters. The third-order valence-corrected chi connectivity index (χ3v) is 6.04. The highest BCUT2D eigenvalue weighted by molar-refractivity contribution is 5.88. The van der Waals surface area contributed by atoms with E-state index in [1.165, 1.54) is 28.5 Å². The number of fused-ring (bicyclic) bond motifs is 2. The minimum atomic E-state index is 0.571.